The number of carbonyl (C=O) groups is 1. The van der Waals surface area contributed by atoms with E-state index in [4.69, 9.17) is 16.3 Å². The number of nitrogens with zero attached hydrogens (tertiary/aromatic N) is 3. The molecular weight excluding hydrogens is 406 g/mol. The zero-order valence-electron chi connectivity index (χ0n) is 17.1. The maximum Gasteiger partial charge on any atom is 0.269 e. The molecule has 0 atom stereocenters. The summed E-state index contributed by atoms with van der Waals surface area (Å²) < 4.78 is 5.87. The molecule has 0 bridgehead atoms. The lowest BCUT2D eigenvalue weighted by Gasteiger charge is -2.38. The number of amides is 1. The maximum absolute atomic E-state index is 11.7. The first kappa shape index (κ1) is 21.7. The van der Waals surface area contributed by atoms with Gasteiger partial charge in [0.1, 0.15) is 22.6 Å². The van der Waals surface area contributed by atoms with Crippen molar-refractivity contribution >= 4 is 28.5 Å². The minimum atomic E-state index is -0.318. The van der Waals surface area contributed by atoms with Gasteiger partial charge in [-0.05, 0) is 29.8 Å². The van der Waals surface area contributed by atoms with Gasteiger partial charge in [-0.2, -0.15) is 0 Å². The van der Waals surface area contributed by atoms with Gasteiger partial charge in [0.05, 0.1) is 17.2 Å². The van der Waals surface area contributed by atoms with Gasteiger partial charge in [-0.1, -0.05) is 25.4 Å². The third-order valence-corrected chi connectivity index (χ3v) is 4.81. The highest BCUT2D eigenvalue weighted by Gasteiger charge is 2.28. The van der Waals surface area contributed by atoms with E-state index in [1.807, 2.05) is 19.9 Å². The Morgan fingerprint density at radius 2 is 2.03 bits per heavy atom. The van der Waals surface area contributed by atoms with Crippen molar-refractivity contribution in [1.29, 1.82) is 0 Å². The summed E-state index contributed by atoms with van der Waals surface area (Å²) in [6.07, 6.45) is 3.41. The molecule has 4 rings (SSSR count). The highest BCUT2D eigenvalue weighted by atomic mass is 35.5. The van der Waals surface area contributed by atoms with E-state index in [0.717, 1.165) is 18.7 Å². The van der Waals surface area contributed by atoms with Crippen LogP contribution in [-0.4, -0.2) is 52.0 Å². The zero-order valence-corrected chi connectivity index (χ0v) is 17.9. The Morgan fingerprint density at radius 3 is 2.70 bits per heavy atom. The number of rotatable bonds is 5. The Morgan fingerprint density at radius 1 is 1.27 bits per heavy atom. The highest BCUT2D eigenvalue weighted by Crippen LogP contribution is 2.20. The molecule has 0 unspecified atom stereocenters. The van der Waals surface area contributed by atoms with Crippen molar-refractivity contribution in [3.8, 4) is 5.75 Å². The van der Waals surface area contributed by atoms with E-state index in [-0.39, 0.29) is 22.6 Å². The van der Waals surface area contributed by atoms with Gasteiger partial charge in [-0.15, -0.1) is 0 Å². The fourth-order valence-electron chi connectivity index (χ4n) is 3.08. The number of likely N-dealkylation sites (tertiary alicyclic amines) is 1. The molecule has 4 heterocycles. The minimum absolute atomic E-state index is 0.0691. The molecule has 8 nitrogen and oxygen atoms in total. The van der Waals surface area contributed by atoms with Crippen molar-refractivity contribution in [2.75, 3.05) is 20.1 Å². The minimum Gasteiger partial charge on any atom is -0.486 e. The second-order valence-electron chi connectivity index (χ2n) is 6.61. The Kier molecular flexibility index (Phi) is 7.02. The summed E-state index contributed by atoms with van der Waals surface area (Å²) in [5, 5.41) is 2.66. The molecule has 0 aromatic carbocycles. The van der Waals surface area contributed by atoms with Crippen LogP contribution >= 0.6 is 11.6 Å². The molecule has 1 amide bonds. The number of ether oxygens (including phenoxy) is 1. The van der Waals surface area contributed by atoms with Crippen LogP contribution in [0.4, 0.5) is 0 Å². The molecule has 1 fully saturated rings. The predicted molar refractivity (Wildman–Crippen MR) is 116 cm³/mol. The molecule has 2 N–H and O–H groups in total. The molecule has 3 aromatic heterocycles. The van der Waals surface area contributed by atoms with E-state index in [1.54, 1.807) is 37.6 Å². The Hall–Kier alpha value is -2.97. The van der Waals surface area contributed by atoms with E-state index in [1.165, 1.54) is 0 Å². The van der Waals surface area contributed by atoms with Crippen molar-refractivity contribution in [2.24, 2.45) is 0 Å². The van der Waals surface area contributed by atoms with Crippen LogP contribution in [0.5, 0.6) is 5.75 Å². The number of pyridine rings is 3. The number of fused-ring (bicyclic) bond motifs is 1. The van der Waals surface area contributed by atoms with Crippen LogP contribution in [0.1, 0.15) is 29.9 Å². The van der Waals surface area contributed by atoms with Gasteiger partial charge in [0.15, 0.2) is 0 Å². The topological polar surface area (TPSA) is 100 Å². The van der Waals surface area contributed by atoms with E-state index in [2.05, 4.69) is 25.2 Å². The number of nitrogens with one attached hydrogen (secondary N) is 2. The van der Waals surface area contributed by atoms with Crippen molar-refractivity contribution in [2.45, 2.75) is 26.5 Å². The molecule has 0 saturated carbocycles. The van der Waals surface area contributed by atoms with E-state index in [9.17, 15) is 9.59 Å². The highest BCUT2D eigenvalue weighted by molar-refractivity contribution is 6.30. The normalized spacial score (nSPS) is 13.9. The smallest absolute Gasteiger partial charge is 0.269 e. The van der Waals surface area contributed by atoms with Gasteiger partial charge in [-0.25, -0.2) is 4.98 Å². The summed E-state index contributed by atoms with van der Waals surface area (Å²) in [4.78, 5) is 36.6. The maximum atomic E-state index is 11.7. The molecule has 1 aliphatic rings. The van der Waals surface area contributed by atoms with E-state index < -0.39 is 0 Å². The molecule has 0 aliphatic carbocycles. The third-order valence-electron chi connectivity index (χ3n) is 4.53. The van der Waals surface area contributed by atoms with Crippen LogP contribution in [0.25, 0.3) is 11.0 Å². The molecule has 0 radical (unpaired) electrons. The summed E-state index contributed by atoms with van der Waals surface area (Å²) in [5.41, 5.74) is 2.36. The first-order valence-corrected chi connectivity index (χ1v) is 10.1. The van der Waals surface area contributed by atoms with Crippen LogP contribution in [0, 0.1) is 0 Å². The molecule has 30 heavy (non-hydrogen) atoms. The Bertz CT molecular complexity index is 1080. The largest absolute Gasteiger partial charge is 0.486 e. The number of hydrogen-bond donors (Lipinski definition) is 2. The summed E-state index contributed by atoms with van der Waals surface area (Å²) in [6.45, 7) is 6.25. The fourth-order valence-corrected chi connectivity index (χ4v) is 3.23. The summed E-state index contributed by atoms with van der Waals surface area (Å²) in [7, 11) is 1.56. The summed E-state index contributed by atoms with van der Waals surface area (Å²) in [5.74, 6) is 0.410. The number of hydrogen-bond acceptors (Lipinski definition) is 6. The summed E-state index contributed by atoms with van der Waals surface area (Å²) in [6, 6.07) is 6.86. The monoisotopic (exact) mass is 429 g/mol. The molecule has 1 saturated heterocycles. The first-order chi connectivity index (χ1) is 14.5. The standard InChI is InChI=1S/C19H18ClN5O3.C2H6/c1-21-19(27)15-3-2-12(7-23-15)28-13-9-25(10-13)8-11-4-17-16(22-6-11)5-14(20)18(26)24-17;1-2/h2-7,13H,8-10H2,1H3,(H,21,27)(H,24,26);1-2H3. The zero-order chi connectivity index (χ0) is 21.7. The van der Waals surface area contributed by atoms with Gasteiger partial charge >= 0.3 is 0 Å². The number of aromatic nitrogens is 3. The molecule has 0 spiro atoms. The molecule has 158 valence electrons. The lowest BCUT2D eigenvalue weighted by Crippen LogP contribution is -2.53. The number of aromatic amines is 1. The molecular formula is C21H24ClN5O3. The SMILES string of the molecule is CC.CNC(=O)c1ccc(OC2CN(Cc3cnc4cc(Cl)c(=O)[nH]c4c3)C2)cn1. The molecule has 1 aliphatic heterocycles. The van der Waals surface area contributed by atoms with E-state index in [0.29, 0.717) is 29.0 Å². The van der Waals surface area contributed by atoms with Crippen molar-refractivity contribution in [3.63, 3.8) is 0 Å². The van der Waals surface area contributed by atoms with Gasteiger partial charge in [0.2, 0.25) is 0 Å². The Balaban J connectivity index is 0.00000124. The average molecular weight is 430 g/mol. The lowest BCUT2D eigenvalue weighted by molar-refractivity contribution is 0.0143. The second kappa shape index (κ2) is 9.69. The molecule has 9 heteroatoms. The predicted octanol–water partition coefficient (Wildman–Crippen LogP) is 2.62. The molecule has 3 aromatic rings. The van der Waals surface area contributed by atoms with Crippen LogP contribution in [-0.2, 0) is 6.54 Å². The van der Waals surface area contributed by atoms with Crippen molar-refractivity contribution < 1.29 is 9.53 Å². The van der Waals surface area contributed by atoms with Crippen LogP contribution in [0.3, 0.4) is 0 Å². The van der Waals surface area contributed by atoms with Crippen LogP contribution < -0.4 is 15.6 Å². The van der Waals surface area contributed by atoms with Crippen LogP contribution in [0.15, 0.2) is 41.5 Å². The van der Waals surface area contributed by atoms with Gasteiger partial charge in [-0.3, -0.25) is 19.5 Å². The third kappa shape index (κ3) is 4.95. The number of carbonyl (C=O) groups excluding carboxylic acids is 1. The van der Waals surface area contributed by atoms with Crippen LogP contribution in [0.2, 0.25) is 5.02 Å². The van der Waals surface area contributed by atoms with Gasteiger partial charge in [0, 0.05) is 32.9 Å². The van der Waals surface area contributed by atoms with Crippen molar-refractivity contribution in [3.05, 3.63) is 63.3 Å². The average Bonchev–Trinajstić information content (AvgIpc) is 2.74. The number of H-pyrrole nitrogens is 1. The van der Waals surface area contributed by atoms with E-state index >= 15 is 0 Å². The lowest BCUT2D eigenvalue weighted by atomic mass is 10.1. The second-order valence-corrected chi connectivity index (χ2v) is 7.02. The summed E-state index contributed by atoms with van der Waals surface area (Å²) >= 11 is 5.83. The Labute approximate surface area is 179 Å². The van der Waals surface area contributed by atoms with Gasteiger partial charge in [0.25, 0.3) is 11.5 Å². The first-order valence-electron chi connectivity index (χ1n) is 9.76. The fraction of sp³-hybridized carbons (Fsp3) is 0.333. The van der Waals surface area contributed by atoms with Crippen molar-refractivity contribution in [1.82, 2.24) is 25.2 Å². The van der Waals surface area contributed by atoms with Gasteiger partial charge < -0.3 is 15.0 Å². The number of halogens is 1. The quantitative estimate of drug-likeness (QED) is 0.646.